The number of hydrazine groups is 4. The second-order valence-corrected chi connectivity index (χ2v) is 58.0. The van der Waals surface area contributed by atoms with Crippen molar-refractivity contribution in [3.05, 3.63) is 47.6 Å². The second-order valence-electron chi connectivity index (χ2n) is 58.0. The molecule has 850 valence electrons. The van der Waals surface area contributed by atoms with E-state index in [1.807, 2.05) is 0 Å². The molecular weight excluding hydrogens is 1850 g/mol. The predicted octanol–water partition coefficient (Wildman–Crippen LogP) is 18.4. The molecule has 10 N–H and O–H groups in total. The number of rotatable bonds is 39. The number of piperidine rings is 8. The molecule has 12 heterocycles. The van der Waals surface area contributed by atoms with Crippen LogP contribution in [0.25, 0.3) is 0 Å². The standard InChI is InChI=1S/C116H222N28O4/c1-45-51-89(81-65-101(5,6)131(37)102(7,8)66-81)119-95-61-93(123-141(125-95)145-85-73-109(21,22)135(41)110(23,24)74-85)117-55-49-57-139(99-63-97(121-91(53-47-3)83-69-105(13,14)133(39)106(15,16)70-83)127-143(129-99)147-87-77-113(29,30)137(43)114(31,32)78-87)59-60-140(100-64-98(122-92(54-48-4)84-71-107(17,18)134(40)108(19,20)72-84)128-144(130-100)148-88-79-115(33,34)138(44)116(35,36)80-88)58-50-56-118-94-62-96(120-90(52-46-2)82-67-103(9,10)132(38)104(11,12)68-82)126-142(124-94)146-86-75-111(25,26)136(42)112(27,28)76-86/h61-64,81-92,117-118,123-124,129-130H,45-60,65-80H2,1-44H3,(H,119,125)(H,120,126)(H,121,127)(H,122,128). The Bertz CT molecular complexity index is 4220. The monoisotopic (exact) mass is 2070 g/mol. The van der Waals surface area contributed by atoms with E-state index in [0.29, 0.717) is 62.9 Å². The van der Waals surface area contributed by atoms with Crippen molar-refractivity contribution in [2.24, 2.45) is 44.1 Å². The van der Waals surface area contributed by atoms with Crippen molar-refractivity contribution in [1.82, 2.24) is 124 Å². The summed E-state index contributed by atoms with van der Waals surface area (Å²) in [6, 6.07) is 0.623. The third-order valence-corrected chi connectivity index (χ3v) is 39.4. The third-order valence-electron chi connectivity index (χ3n) is 39.4. The Kier molecular flexibility index (Phi) is 37.2. The number of amidine groups is 4. The molecular formula is C116H222N28O4. The Hall–Kier alpha value is -6.04. The molecule has 0 amide bonds. The molecule has 0 saturated carbocycles. The molecule has 12 aliphatic heterocycles. The lowest BCUT2D eigenvalue weighted by Gasteiger charge is -2.55. The van der Waals surface area contributed by atoms with Gasteiger partial charge in [0.25, 0.3) is 0 Å². The van der Waals surface area contributed by atoms with Crippen molar-refractivity contribution in [1.29, 1.82) is 0 Å². The molecule has 0 aliphatic carbocycles. The fourth-order valence-corrected chi connectivity index (χ4v) is 29.2. The van der Waals surface area contributed by atoms with Gasteiger partial charge in [0.1, 0.15) is 23.3 Å². The topological polar surface area (TPSA) is 252 Å². The Labute approximate surface area is 902 Å². The molecule has 12 rings (SSSR count). The van der Waals surface area contributed by atoms with Crippen LogP contribution in [0.4, 0.5) is 0 Å². The molecule has 8 saturated heterocycles. The van der Waals surface area contributed by atoms with E-state index in [1.54, 1.807) is 21.1 Å². The molecule has 0 aromatic rings. The molecule has 4 unspecified atom stereocenters. The fraction of sp³-hybridized carbons (Fsp3) is 0.897. The van der Waals surface area contributed by atoms with Gasteiger partial charge in [0, 0.05) is 176 Å². The Morgan fingerprint density at radius 3 is 0.628 bits per heavy atom. The summed E-state index contributed by atoms with van der Waals surface area (Å²) in [5, 5.41) is 53.5. The van der Waals surface area contributed by atoms with E-state index >= 15 is 0 Å². The van der Waals surface area contributed by atoms with E-state index in [9.17, 15) is 0 Å². The molecule has 32 heteroatoms. The first kappa shape index (κ1) is 121. The zero-order valence-corrected chi connectivity index (χ0v) is 103. The number of hydrogen-bond donors (Lipinski definition) is 10. The van der Waals surface area contributed by atoms with Gasteiger partial charge in [-0.1, -0.05) is 74.5 Å². The van der Waals surface area contributed by atoms with Gasteiger partial charge in [-0.2, -0.15) is 0 Å². The largest absolute Gasteiger partial charge is 0.370 e. The smallest absolute Gasteiger partial charge is 0.154 e. The van der Waals surface area contributed by atoms with Crippen LogP contribution in [0.3, 0.4) is 0 Å². The lowest BCUT2D eigenvalue weighted by molar-refractivity contribution is -0.255. The number of hydrogen-bond acceptors (Lipinski definition) is 32. The van der Waals surface area contributed by atoms with Gasteiger partial charge in [-0.25, -0.2) is 41.1 Å². The van der Waals surface area contributed by atoms with Crippen molar-refractivity contribution >= 4 is 23.3 Å². The number of likely N-dealkylation sites (tertiary alicyclic amines) is 8. The first-order chi connectivity index (χ1) is 68.2. The van der Waals surface area contributed by atoms with Crippen LogP contribution < -0.4 is 53.6 Å². The summed E-state index contributed by atoms with van der Waals surface area (Å²) < 4.78 is 0. The summed E-state index contributed by atoms with van der Waals surface area (Å²) in [7, 11) is 18.4. The average Bonchev–Trinajstić information content (AvgIpc) is 0.765. The maximum absolute atomic E-state index is 7.48. The highest BCUT2D eigenvalue weighted by atomic mass is 16.8. The van der Waals surface area contributed by atoms with Gasteiger partial charge in [0.2, 0.25) is 0 Å². The van der Waals surface area contributed by atoms with E-state index in [2.05, 4.69) is 433 Å². The zero-order valence-electron chi connectivity index (χ0n) is 103. The Balaban J connectivity index is 0.959. The second kappa shape index (κ2) is 45.6. The Morgan fingerprint density at radius 2 is 0.439 bits per heavy atom. The first-order valence-corrected chi connectivity index (χ1v) is 58.3. The summed E-state index contributed by atoms with van der Waals surface area (Å²) in [5.41, 5.74) is 14.1. The van der Waals surface area contributed by atoms with Gasteiger partial charge in [-0.3, -0.25) is 39.2 Å². The van der Waals surface area contributed by atoms with Crippen LogP contribution in [0, 0.1) is 23.7 Å². The third kappa shape index (κ3) is 29.1. The average molecular weight is 2070 g/mol. The fourth-order valence-electron chi connectivity index (χ4n) is 29.2. The minimum Gasteiger partial charge on any atom is -0.370 e. The van der Waals surface area contributed by atoms with Crippen LogP contribution >= 0.6 is 0 Å². The number of hydrazone groups is 4. The molecule has 12 aliphatic rings. The van der Waals surface area contributed by atoms with Gasteiger partial charge < -0.3 is 41.7 Å². The molecule has 8 fully saturated rings. The van der Waals surface area contributed by atoms with E-state index in [4.69, 9.17) is 39.8 Å². The maximum Gasteiger partial charge on any atom is 0.154 e. The molecule has 0 aromatic heterocycles. The van der Waals surface area contributed by atoms with Crippen LogP contribution in [0.1, 0.15) is 416 Å². The normalized spacial score (nSPS) is 27.6. The highest BCUT2D eigenvalue weighted by molar-refractivity contribution is 5.95. The van der Waals surface area contributed by atoms with E-state index < -0.39 is 0 Å². The molecule has 32 nitrogen and oxygen atoms in total. The van der Waals surface area contributed by atoms with Crippen molar-refractivity contribution in [3.8, 4) is 0 Å². The summed E-state index contributed by atoms with van der Waals surface area (Å²) >= 11 is 0. The van der Waals surface area contributed by atoms with Crippen LogP contribution in [0.2, 0.25) is 0 Å². The molecule has 0 radical (unpaired) electrons. The SMILES string of the molecule is CCCC(NC1=NN(OC2CC(C)(C)N(C)C(C)(C)C2)NC(NCCCN(CCN(CCCNC2=CC(NC(CCC)C3CC(C)(C)N(C)C(C)(C)C3)=NN(OC3CC(C)(C)N(C)C(C)(C)C3)N2)C2=CC(NC(CCC)C3CC(C)(C)N(C)C(C)(C)C3)=NN(OC3CC(C)(C)N(C)C(C)(C)C3)N2)C2=CC(NC(CCC)C3CC(C)(C)N(C)C(C)(C)C3)=NN(OC3CC(C)(C)N(C)C(C)(C)C3)N2)=C1)C1CC(C)(C)N(C)C(C)(C)C1. The van der Waals surface area contributed by atoms with E-state index in [1.165, 1.54) is 0 Å². The maximum atomic E-state index is 7.48. The van der Waals surface area contributed by atoms with Gasteiger partial charge in [-0.15, -0.1) is 20.4 Å². The van der Waals surface area contributed by atoms with Crippen molar-refractivity contribution < 1.29 is 19.4 Å². The van der Waals surface area contributed by atoms with Crippen LogP contribution in [0.5, 0.6) is 0 Å². The Morgan fingerprint density at radius 1 is 0.264 bits per heavy atom. The van der Waals surface area contributed by atoms with Crippen LogP contribution in [0.15, 0.2) is 68.0 Å². The quantitative estimate of drug-likeness (QED) is 0.0257. The van der Waals surface area contributed by atoms with Crippen LogP contribution in [-0.4, -0.2) is 326 Å². The minimum atomic E-state index is -0.161. The molecule has 4 atom stereocenters. The number of nitrogens with zero attached hydrogens (tertiary/aromatic N) is 18. The highest BCUT2D eigenvalue weighted by Gasteiger charge is 2.55. The lowest BCUT2D eigenvalue weighted by atomic mass is 9.70. The van der Waals surface area contributed by atoms with Crippen molar-refractivity contribution in [2.45, 2.75) is 553 Å². The van der Waals surface area contributed by atoms with Crippen molar-refractivity contribution in [3.63, 3.8) is 0 Å². The minimum absolute atomic E-state index is 0.00980. The van der Waals surface area contributed by atoms with Crippen molar-refractivity contribution in [2.75, 3.05) is 95.6 Å². The van der Waals surface area contributed by atoms with Gasteiger partial charge in [0.15, 0.2) is 23.3 Å². The molecule has 0 aromatic carbocycles. The number of nitrogens with one attached hydrogen (secondary N) is 10. The summed E-state index contributed by atoms with van der Waals surface area (Å²) in [6.45, 7) is 89.4. The first-order valence-electron chi connectivity index (χ1n) is 58.3. The van der Waals surface area contributed by atoms with E-state index in [0.717, 1.165) is 214 Å². The summed E-state index contributed by atoms with van der Waals surface area (Å²) in [4.78, 5) is 55.0. The van der Waals surface area contributed by atoms with Gasteiger partial charge in [0.05, 0.1) is 24.4 Å². The van der Waals surface area contributed by atoms with Gasteiger partial charge in [-0.05, 0) is 443 Å². The molecule has 0 bridgehead atoms. The van der Waals surface area contributed by atoms with E-state index in [-0.39, 0.29) is 137 Å². The summed E-state index contributed by atoms with van der Waals surface area (Å²) in [6.07, 6.45) is 33.2. The lowest BCUT2D eigenvalue weighted by Crippen LogP contribution is -2.62. The van der Waals surface area contributed by atoms with Crippen LogP contribution in [-0.2, 0) is 19.4 Å². The molecule has 0 spiro atoms. The molecule has 148 heavy (non-hydrogen) atoms. The van der Waals surface area contributed by atoms with Gasteiger partial charge >= 0.3 is 0 Å². The highest BCUT2D eigenvalue weighted by Crippen LogP contribution is 2.50. The summed E-state index contributed by atoms with van der Waals surface area (Å²) in [5.74, 6) is 8.13. The zero-order chi connectivity index (χ0) is 110. The predicted molar refractivity (Wildman–Crippen MR) is 612 cm³/mol.